The van der Waals surface area contributed by atoms with Crippen LogP contribution in [-0.4, -0.2) is 6.29 Å². The second-order valence-corrected chi connectivity index (χ2v) is 8.23. The van der Waals surface area contributed by atoms with Crippen molar-refractivity contribution in [2.45, 2.75) is 96.8 Å². The standard InChI is InChI=1S/C22H38O/c1-2-3-4-7-19-10-12-20(13-11-19)8-5-6-9-21-14-16-22(18-23)17-15-21/h2-3,18-22H,4-17H2,1H3/b3-2+/t19-,20-,21?,22?. The Balaban J connectivity index is 1.47. The van der Waals surface area contributed by atoms with Crippen LogP contribution in [0.3, 0.4) is 0 Å². The summed E-state index contributed by atoms with van der Waals surface area (Å²) in [6.45, 7) is 2.13. The summed E-state index contributed by atoms with van der Waals surface area (Å²) in [7, 11) is 0. The van der Waals surface area contributed by atoms with Crippen LogP contribution in [0.15, 0.2) is 12.2 Å². The maximum Gasteiger partial charge on any atom is 0.123 e. The minimum Gasteiger partial charge on any atom is -0.303 e. The summed E-state index contributed by atoms with van der Waals surface area (Å²) < 4.78 is 0. The molecule has 1 nitrogen and oxygen atoms in total. The summed E-state index contributed by atoms with van der Waals surface area (Å²) in [5.74, 6) is 3.34. The van der Waals surface area contributed by atoms with Crippen molar-refractivity contribution in [3.63, 3.8) is 0 Å². The van der Waals surface area contributed by atoms with E-state index < -0.39 is 0 Å². The Morgan fingerprint density at radius 3 is 1.70 bits per heavy atom. The van der Waals surface area contributed by atoms with Gasteiger partial charge in [0.25, 0.3) is 0 Å². The Morgan fingerprint density at radius 1 is 0.739 bits per heavy atom. The van der Waals surface area contributed by atoms with Gasteiger partial charge in [-0.05, 0) is 63.2 Å². The molecule has 0 aromatic carbocycles. The predicted octanol–water partition coefficient (Wildman–Crippen LogP) is 6.71. The molecule has 0 atom stereocenters. The molecule has 2 fully saturated rings. The van der Waals surface area contributed by atoms with Crippen LogP contribution in [-0.2, 0) is 4.79 Å². The summed E-state index contributed by atoms with van der Waals surface area (Å²) >= 11 is 0. The highest BCUT2D eigenvalue weighted by atomic mass is 16.1. The molecular formula is C22H38O. The average Bonchev–Trinajstić information content (AvgIpc) is 2.61. The fraction of sp³-hybridized carbons (Fsp3) is 0.864. The molecule has 0 heterocycles. The van der Waals surface area contributed by atoms with E-state index in [0.29, 0.717) is 5.92 Å². The second-order valence-electron chi connectivity index (χ2n) is 8.23. The van der Waals surface area contributed by atoms with E-state index in [4.69, 9.17) is 0 Å². The van der Waals surface area contributed by atoms with Gasteiger partial charge >= 0.3 is 0 Å². The van der Waals surface area contributed by atoms with E-state index in [2.05, 4.69) is 19.1 Å². The molecule has 2 saturated carbocycles. The van der Waals surface area contributed by atoms with Crippen LogP contribution < -0.4 is 0 Å². The second kappa shape index (κ2) is 11.0. The van der Waals surface area contributed by atoms with Gasteiger partial charge in [0, 0.05) is 5.92 Å². The van der Waals surface area contributed by atoms with Crippen LogP contribution >= 0.6 is 0 Å². The first kappa shape index (κ1) is 18.7. The van der Waals surface area contributed by atoms with Crippen molar-refractivity contribution in [3.8, 4) is 0 Å². The number of aldehydes is 1. The molecule has 0 radical (unpaired) electrons. The van der Waals surface area contributed by atoms with Crippen molar-refractivity contribution in [2.24, 2.45) is 23.7 Å². The van der Waals surface area contributed by atoms with Gasteiger partial charge in [-0.3, -0.25) is 0 Å². The quantitative estimate of drug-likeness (QED) is 0.262. The number of hydrogen-bond acceptors (Lipinski definition) is 1. The smallest absolute Gasteiger partial charge is 0.123 e. The van der Waals surface area contributed by atoms with E-state index in [9.17, 15) is 4.79 Å². The van der Waals surface area contributed by atoms with Crippen molar-refractivity contribution < 1.29 is 4.79 Å². The highest BCUT2D eigenvalue weighted by molar-refractivity contribution is 5.53. The Labute approximate surface area is 144 Å². The zero-order valence-corrected chi connectivity index (χ0v) is 15.3. The third kappa shape index (κ3) is 7.23. The number of unbranched alkanes of at least 4 members (excludes halogenated alkanes) is 1. The lowest BCUT2D eigenvalue weighted by Gasteiger charge is -2.29. The lowest BCUT2D eigenvalue weighted by Crippen LogP contribution is -2.16. The van der Waals surface area contributed by atoms with Gasteiger partial charge in [0.2, 0.25) is 0 Å². The van der Waals surface area contributed by atoms with E-state index in [1.54, 1.807) is 0 Å². The molecule has 0 saturated heterocycles. The number of rotatable bonds is 9. The van der Waals surface area contributed by atoms with Gasteiger partial charge < -0.3 is 4.79 Å². The normalized spacial score (nSPS) is 32.2. The van der Waals surface area contributed by atoms with Gasteiger partial charge in [-0.25, -0.2) is 0 Å². The fourth-order valence-corrected chi connectivity index (χ4v) is 4.79. The summed E-state index contributed by atoms with van der Waals surface area (Å²) in [5, 5.41) is 0. The van der Waals surface area contributed by atoms with Gasteiger partial charge in [0.15, 0.2) is 0 Å². The van der Waals surface area contributed by atoms with Crippen molar-refractivity contribution in [3.05, 3.63) is 12.2 Å². The molecule has 0 aromatic heterocycles. The lowest BCUT2D eigenvalue weighted by molar-refractivity contribution is -0.112. The van der Waals surface area contributed by atoms with Gasteiger partial charge in [-0.15, -0.1) is 0 Å². The number of hydrogen-bond donors (Lipinski definition) is 0. The lowest BCUT2D eigenvalue weighted by atomic mass is 9.77. The summed E-state index contributed by atoms with van der Waals surface area (Å²) in [6.07, 6.45) is 25.1. The first-order chi connectivity index (χ1) is 11.3. The summed E-state index contributed by atoms with van der Waals surface area (Å²) in [6, 6.07) is 0. The average molecular weight is 319 g/mol. The molecule has 0 bridgehead atoms. The Kier molecular flexibility index (Phi) is 9.01. The van der Waals surface area contributed by atoms with Crippen LogP contribution in [0.4, 0.5) is 0 Å². The van der Waals surface area contributed by atoms with Crippen LogP contribution in [0.25, 0.3) is 0 Å². The molecule has 0 unspecified atom stereocenters. The van der Waals surface area contributed by atoms with E-state index in [1.807, 2.05) is 0 Å². The van der Waals surface area contributed by atoms with Crippen molar-refractivity contribution in [2.75, 3.05) is 0 Å². The van der Waals surface area contributed by atoms with Crippen LogP contribution in [0.2, 0.25) is 0 Å². The first-order valence-corrected chi connectivity index (χ1v) is 10.4. The number of carbonyl (C=O) groups excluding carboxylic acids is 1. The molecule has 2 rings (SSSR count). The van der Waals surface area contributed by atoms with E-state index in [-0.39, 0.29) is 0 Å². The molecule has 2 aliphatic carbocycles. The molecule has 0 spiro atoms. The number of carbonyl (C=O) groups is 1. The Morgan fingerprint density at radius 2 is 1.22 bits per heavy atom. The van der Waals surface area contributed by atoms with E-state index in [0.717, 1.165) is 30.6 Å². The van der Waals surface area contributed by atoms with E-state index in [1.165, 1.54) is 83.3 Å². The minimum absolute atomic E-state index is 0.384. The van der Waals surface area contributed by atoms with Gasteiger partial charge in [0.05, 0.1) is 0 Å². The molecule has 1 heteroatoms. The third-order valence-electron chi connectivity index (χ3n) is 6.50. The van der Waals surface area contributed by atoms with Crippen LogP contribution in [0.5, 0.6) is 0 Å². The molecule has 0 N–H and O–H groups in total. The minimum atomic E-state index is 0.384. The maximum atomic E-state index is 10.8. The molecule has 0 amide bonds. The fourth-order valence-electron chi connectivity index (χ4n) is 4.79. The highest BCUT2D eigenvalue weighted by Gasteiger charge is 2.22. The summed E-state index contributed by atoms with van der Waals surface area (Å²) in [5.41, 5.74) is 0. The van der Waals surface area contributed by atoms with Crippen molar-refractivity contribution >= 4 is 6.29 Å². The highest BCUT2D eigenvalue weighted by Crippen LogP contribution is 2.35. The van der Waals surface area contributed by atoms with E-state index >= 15 is 0 Å². The van der Waals surface area contributed by atoms with Gasteiger partial charge in [-0.2, -0.15) is 0 Å². The Bertz CT molecular complexity index is 330. The molecule has 0 aromatic rings. The molecule has 2 aliphatic rings. The zero-order valence-electron chi connectivity index (χ0n) is 15.3. The molecule has 0 aliphatic heterocycles. The zero-order chi connectivity index (χ0) is 16.3. The Hall–Kier alpha value is -0.590. The molecule has 132 valence electrons. The number of allylic oxidation sites excluding steroid dienone is 2. The monoisotopic (exact) mass is 318 g/mol. The van der Waals surface area contributed by atoms with Crippen molar-refractivity contribution in [1.82, 2.24) is 0 Å². The van der Waals surface area contributed by atoms with Crippen LogP contribution in [0, 0.1) is 23.7 Å². The first-order valence-electron chi connectivity index (χ1n) is 10.4. The SMILES string of the molecule is C/C=C/CC[C@H]1CC[C@H](CCCCC2CCC(C=O)CC2)CC1. The predicted molar refractivity (Wildman–Crippen MR) is 99.5 cm³/mol. The van der Waals surface area contributed by atoms with Gasteiger partial charge in [-0.1, -0.05) is 63.5 Å². The molecule has 23 heavy (non-hydrogen) atoms. The maximum absolute atomic E-state index is 10.8. The molecular weight excluding hydrogens is 280 g/mol. The van der Waals surface area contributed by atoms with Crippen LogP contribution in [0.1, 0.15) is 96.8 Å². The largest absolute Gasteiger partial charge is 0.303 e. The van der Waals surface area contributed by atoms with Crippen molar-refractivity contribution in [1.29, 1.82) is 0 Å². The van der Waals surface area contributed by atoms with Gasteiger partial charge in [0.1, 0.15) is 6.29 Å². The topological polar surface area (TPSA) is 17.1 Å². The summed E-state index contributed by atoms with van der Waals surface area (Å²) in [4.78, 5) is 10.8. The third-order valence-corrected chi connectivity index (χ3v) is 6.50.